The quantitative estimate of drug-likeness (QED) is 0.136. The van der Waals surface area contributed by atoms with E-state index in [-0.39, 0.29) is 29.8 Å². The van der Waals surface area contributed by atoms with Crippen LogP contribution in [-0.2, 0) is 4.74 Å². The standard InChI is InChI=1S/C30H50O.C8H7N3O5/c1-20(2)10-9-11-21(3)22-14-18-30(8)24-12-13-25-27(4,5)26(31)16-17-28(25,6)23(24)15-19-29(22,30)7;12-8-10(3-4-15-8)9-5-6-1-2-7(16-6)11(13)14/h10,21-22,25-26,31H,9,11-19H2,1-8H3;1-2,5H,3-4H2. The molecular weight excluding hydrogens is 594 g/mol. The van der Waals surface area contributed by atoms with Gasteiger partial charge in [0, 0.05) is 0 Å². The van der Waals surface area contributed by atoms with E-state index in [0.717, 1.165) is 23.3 Å². The number of amides is 1. The Morgan fingerprint density at radius 1 is 1.11 bits per heavy atom. The maximum atomic E-state index is 11.0. The number of hydrogen-bond donors (Lipinski definition) is 1. The summed E-state index contributed by atoms with van der Waals surface area (Å²) in [5.74, 6) is 2.15. The highest BCUT2D eigenvalue weighted by molar-refractivity contribution is 5.78. The second-order valence-electron chi connectivity index (χ2n) is 16.5. The lowest BCUT2D eigenvalue weighted by atomic mass is 9.43. The maximum Gasteiger partial charge on any atom is 0.433 e. The van der Waals surface area contributed by atoms with Crippen molar-refractivity contribution in [2.45, 2.75) is 126 Å². The minimum Gasteiger partial charge on any atom is -0.446 e. The van der Waals surface area contributed by atoms with E-state index in [9.17, 15) is 20.0 Å². The number of aliphatic hydroxyl groups is 1. The van der Waals surface area contributed by atoms with E-state index in [1.54, 1.807) is 0 Å². The Morgan fingerprint density at radius 2 is 1.85 bits per heavy atom. The van der Waals surface area contributed by atoms with Gasteiger partial charge in [0.2, 0.25) is 0 Å². The number of allylic oxidation sites excluding steroid dienone is 4. The van der Waals surface area contributed by atoms with Crippen LogP contribution in [0.25, 0.3) is 0 Å². The third-order valence-corrected chi connectivity index (χ3v) is 13.5. The van der Waals surface area contributed by atoms with Crippen molar-refractivity contribution in [3.8, 4) is 0 Å². The van der Waals surface area contributed by atoms with Gasteiger partial charge in [-0.2, -0.15) is 10.1 Å². The molecule has 0 radical (unpaired) electrons. The third kappa shape index (κ3) is 6.33. The monoisotopic (exact) mass is 651 g/mol. The fourth-order valence-corrected chi connectivity index (χ4v) is 10.6. The number of nitrogens with zero attached hydrogens (tertiary/aromatic N) is 3. The number of aliphatic hydroxyl groups excluding tert-OH is 1. The van der Waals surface area contributed by atoms with Crippen LogP contribution < -0.4 is 0 Å². The minimum atomic E-state index is -0.651. The molecule has 1 N–H and O–H groups in total. The molecule has 4 aliphatic carbocycles. The number of nitro groups is 1. The number of rotatable bonds is 7. The molecule has 3 fully saturated rings. The van der Waals surface area contributed by atoms with Gasteiger partial charge in [-0.15, -0.1) is 0 Å². The molecule has 1 aromatic rings. The van der Waals surface area contributed by atoms with Crippen LogP contribution >= 0.6 is 0 Å². The van der Waals surface area contributed by atoms with E-state index in [2.05, 4.69) is 71.3 Å². The van der Waals surface area contributed by atoms with Crippen LogP contribution in [0.4, 0.5) is 10.7 Å². The highest BCUT2D eigenvalue weighted by Crippen LogP contribution is 2.72. The zero-order valence-electron chi connectivity index (χ0n) is 29.9. The van der Waals surface area contributed by atoms with Gasteiger partial charge < -0.3 is 14.3 Å². The van der Waals surface area contributed by atoms with E-state index >= 15 is 0 Å². The second kappa shape index (κ2) is 13.2. The molecule has 6 rings (SSSR count). The van der Waals surface area contributed by atoms with Crippen LogP contribution in [0.3, 0.4) is 0 Å². The third-order valence-electron chi connectivity index (χ3n) is 13.5. The molecule has 0 aromatic carbocycles. The van der Waals surface area contributed by atoms with Gasteiger partial charge in [-0.05, 0) is 124 Å². The fourth-order valence-electron chi connectivity index (χ4n) is 10.6. The van der Waals surface area contributed by atoms with Crippen LogP contribution in [0.15, 0.2) is 44.4 Å². The van der Waals surface area contributed by atoms with Crippen molar-refractivity contribution in [2.24, 2.45) is 44.5 Å². The van der Waals surface area contributed by atoms with Gasteiger partial charge in [0.25, 0.3) is 0 Å². The highest BCUT2D eigenvalue weighted by Gasteiger charge is 2.63. The van der Waals surface area contributed by atoms with Gasteiger partial charge in [0.1, 0.15) is 11.5 Å². The predicted molar refractivity (Wildman–Crippen MR) is 184 cm³/mol. The summed E-state index contributed by atoms with van der Waals surface area (Å²) in [4.78, 5) is 20.6. The molecule has 0 spiro atoms. The molecular formula is C38H57N3O6. The summed E-state index contributed by atoms with van der Waals surface area (Å²) < 4.78 is 9.44. The summed E-state index contributed by atoms with van der Waals surface area (Å²) >= 11 is 0. The summed E-state index contributed by atoms with van der Waals surface area (Å²) in [6.07, 6.45) is 15.8. The molecule has 2 heterocycles. The van der Waals surface area contributed by atoms with Crippen molar-refractivity contribution in [1.82, 2.24) is 5.01 Å². The Morgan fingerprint density at radius 3 is 2.49 bits per heavy atom. The smallest absolute Gasteiger partial charge is 0.433 e. The van der Waals surface area contributed by atoms with Crippen molar-refractivity contribution in [2.75, 3.05) is 13.2 Å². The van der Waals surface area contributed by atoms with Gasteiger partial charge in [-0.25, -0.2) is 4.79 Å². The molecule has 5 aliphatic rings. The Kier molecular flexibility index (Phi) is 9.91. The minimum absolute atomic E-state index is 0.0465. The van der Waals surface area contributed by atoms with E-state index in [1.807, 2.05) is 11.1 Å². The van der Waals surface area contributed by atoms with Gasteiger partial charge in [-0.3, -0.25) is 10.1 Å². The lowest BCUT2D eigenvalue weighted by Gasteiger charge is -2.62. The zero-order valence-corrected chi connectivity index (χ0v) is 29.9. The van der Waals surface area contributed by atoms with Crippen molar-refractivity contribution in [3.05, 3.63) is 50.8 Å². The number of hydrogen-bond acceptors (Lipinski definition) is 7. The number of carbonyl (C=O) groups is 1. The van der Waals surface area contributed by atoms with E-state index in [1.165, 1.54) is 81.7 Å². The number of furan rings is 1. The number of cyclic esters (lactones) is 1. The molecule has 47 heavy (non-hydrogen) atoms. The molecule has 260 valence electrons. The summed E-state index contributed by atoms with van der Waals surface area (Å²) in [7, 11) is 0. The first-order valence-electron chi connectivity index (χ1n) is 17.8. The molecule has 0 bridgehead atoms. The Hall–Kier alpha value is -2.94. The van der Waals surface area contributed by atoms with Gasteiger partial charge >= 0.3 is 12.0 Å². The van der Waals surface area contributed by atoms with Crippen molar-refractivity contribution < 1.29 is 24.0 Å². The fraction of sp³-hybridized carbons (Fsp3) is 0.737. The van der Waals surface area contributed by atoms with Crippen molar-refractivity contribution in [1.29, 1.82) is 0 Å². The molecule has 1 aliphatic heterocycles. The van der Waals surface area contributed by atoms with E-state index < -0.39 is 11.0 Å². The van der Waals surface area contributed by atoms with Gasteiger partial charge in [0.15, 0.2) is 5.76 Å². The summed E-state index contributed by atoms with van der Waals surface area (Å²) in [5.41, 5.74) is 6.41. The number of carbonyl (C=O) groups excluding carboxylic acids is 1. The zero-order chi connectivity index (χ0) is 34.4. The predicted octanol–water partition coefficient (Wildman–Crippen LogP) is 9.45. The van der Waals surface area contributed by atoms with Crippen molar-refractivity contribution in [3.63, 3.8) is 0 Å². The van der Waals surface area contributed by atoms with Crippen LogP contribution in [-0.4, -0.2) is 46.6 Å². The van der Waals surface area contributed by atoms with Gasteiger partial charge in [-0.1, -0.05) is 64.3 Å². The first-order chi connectivity index (χ1) is 22.0. The largest absolute Gasteiger partial charge is 0.446 e. The first-order valence-corrected chi connectivity index (χ1v) is 17.8. The Labute approximate surface area is 281 Å². The summed E-state index contributed by atoms with van der Waals surface area (Å²) in [6.45, 7) is 20.3. The molecule has 9 heteroatoms. The molecule has 7 unspecified atom stereocenters. The molecule has 1 amide bonds. The van der Waals surface area contributed by atoms with Crippen LogP contribution in [0.2, 0.25) is 0 Å². The lowest BCUT2D eigenvalue weighted by molar-refractivity contribution is -0.402. The molecule has 2 saturated carbocycles. The summed E-state index contributed by atoms with van der Waals surface area (Å²) in [6, 6.07) is 2.60. The normalized spacial score (nSPS) is 35.0. The first kappa shape index (κ1) is 35.4. The number of hydrazone groups is 1. The van der Waals surface area contributed by atoms with E-state index in [0.29, 0.717) is 28.7 Å². The van der Waals surface area contributed by atoms with Crippen molar-refractivity contribution >= 4 is 18.2 Å². The second-order valence-corrected chi connectivity index (χ2v) is 16.5. The lowest BCUT2D eigenvalue weighted by Crippen LogP contribution is -2.55. The number of fused-ring (bicyclic) bond motifs is 4. The van der Waals surface area contributed by atoms with Crippen LogP contribution in [0.5, 0.6) is 0 Å². The van der Waals surface area contributed by atoms with Crippen LogP contribution in [0, 0.1) is 49.5 Å². The number of ether oxygens (including phenoxy) is 1. The Balaban J connectivity index is 0.000000227. The average Bonchev–Trinajstić information content (AvgIpc) is 3.72. The van der Waals surface area contributed by atoms with E-state index in [4.69, 9.17) is 4.42 Å². The molecule has 7 atom stereocenters. The van der Waals surface area contributed by atoms with Crippen LogP contribution in [0.1, 0.15) is 125 Å². The Bertz CT molecular complexity index is 1440. The SMILES string of the molecule is CC(C)=CCCC(C)C1CCC2(C)C3=C(CCC12C)C1(C)CCC(O)C(C)(C)C1CC3.O=C1OCCN1N=Cc1ccc([N+](=O)[O-])o1. The highest BCUT2D eigenvalue weighted by atomic mass is 16.6. The maximum absolute atomic E-state index is 11.0. The average molecular weight is 652 g/mol. The van der Waals surface area contributed by atoms with Gasteiger partial charge in [0.05, 0.1) is 24.9 Å². The molecule has 1 saturated heterocycles. The topological polar surface area (TPSA) is 118 Å². The molecule has 1 aromatic heterocycles. The molecule has 9 nitrogen and oxygen atoms in total. The summed E-state index contributed by atoms with van der Waals surface area (Å²) in [5, 5.41) is 26.0.